The summed E-state index contributed by atoms with van der Waals surface area (Å²) < 4.78 is 41.4. The van der Waals surface area contributed by atoms with Crippen molar-refractivity contribution in [3.05, 3.63) is 71.3 Å². The average molecular weight is 591 g/mol. The Balaban J connectivity index is 1.48. The van der Waals surface area contributed by atoms with Gasteiger partial charge in [0, 0.05) is 35.5 Å². The van der Waals surface area contributed by atoms with E-state index in [-0.39, 0.29) is 29.0 Å². The van der Waals surface area contributed by atoms with Crippen molar-refractivity contribution in [2.24, 2.45) is 10.9 Å². The number of ether oxygens (including phenoxy) is 1. The van der Waals surface area contributed by atoms with E-state index in [1.807, 2.05) is 6.07 Å². The molecule has 4 rings (SSSR count). The Kier molecular flexibility index (Phi) is 9.56. The summed E-state index contributed by atoms with van der Waals surface area (Å²) in [6, 6.07) is 12.3. The number of carbonyl (C=O) groups excluding carboxylic acids is 1. The molecule has 6 nitrogen and oxygen atoms in total. The lowest BCUT2D eigenvalue weighted by Crippen LogP contribution is -2.53. The fourth-order valence-corrected chi connectivity index (χ4v) is 7.18. The van der Waals surface area contributed by atoms with Crippen LogP contribution in [0.5, 0.6) is 0 Å². The van der Waals surface area contributed by atoms with Crippen LogP contribution in [0.4, 0.5) is 8.78 Å². The van der Waals surface area contributed by atoms with Crippen LogP contribution in [0.2, 0.25) is 18.1 Å². The van der Waals surface area contributed by atoms with Crippen LogP contribution >= 0.6 is 11.8 Å². The Hall–Kier alpha value is -2.11. The largest absolute Gasteiger partial charge is 0.417 e. The second kappa shape index (κ2) is 12.4. The molecular formula is C30H40F2N2O4SSi. The first-order valence-electron chi connectivity index (χ1n) is 13.8. The van der Waals surface area contributed by atoms with E-state index in [9.17, 15) is 14.3 Å². The molecule has 2 aliphatic heterocycles. The summed E-state index contributed by atoms with van der Waals surface area (Å²) in [4.78, 5) is 17.7. The SMILES string of the molecule is CC(C)(C)[Si](C)(C)OCCCC(O)[C@H]1C[C@H]2CSC(NC(=O)c3ccccc3)=N[C@@]2(c2ccc(F)cc2F)CO1. The van der Waals surface area contributed by atoms with Gasteiger partial charge in [-0.2, -0.15) is 0 Å². The van der Waals surface area contributed by atoms with Gasteiger partial charge in [-0.1, -0.05) is 56.8 Å². The van der Waals surface area contributed by atoms with Gasteiger partial charge in [0.05, 0.1) is 18.8 Å². The lowest BCUT2D eigenvalue weighted by atomic mass is 9.74. The standard InChI is InChI=1S/C30H40F2N2O4SSi/c1-29(2,3)40(4,5)38-15-9-12-25(35)26-16-21-18-39-28(33-27(36)20-10-7-6-8-11-20)34-30(21,19-37-26)23-14-13-22(31)17-24(23)32/h6-8,10-11,13-14,17,21,25-26,35H,9,12,15-16,18-19H2,1-5H3,(H,33,34,36)/t21-,25?,26+,30-/m0/s1. The average Bonchev–Trinajstić information content (AvgIpc) is 2.90. The van der Waals surface area contributed by atoms with Gasteiger partial charge in [-0.15, -0.1) is 0 Å². The van der Waals surface area contributed by atoms with Gasteiger partial charge in [0.2, 0.25) is 0 Å². The number of amidine groups is 1. The number of carbonyl (C=O) groups is 1. The van der Waals surface area contributed by atoms with Crippen molar-refractivity contribution in [1.82, 2.24) is 5.32 Å². The summed E-state index contributed by atoms with van der Waals surface area (Å²) in [5, 5.41) is 14.3. The van der Waals surface area contributed by atoms with E-state index in [4.69, 9.17) is 14.2 Å². The summed E-state index contributed by atoms with van der Waals surface area (Å²) in [6.45, 7) is 11.6. The van der Waals surface area contributed by atoms with Gasteiger partial charge in [-0.25, -0.2) is 13.8 Å². The summed E-state index contributed by atoms with van der Waals surface area (Å²) in [5.74, 6) is -1.35. The molecule has 0 saturated carbocycles. The molecule has 1 fully saturated rings. The predicted octanol–water partition coefficient (Wildman–Crippen LogP) is 6.26. The second-order valence-corrected chi connectivity index (χ2v) is 18.0. The number of amides is 1. The predicted molar refractivity (Wildman–Crippen MR) is 158 cm³/mol. The van der Waals surface area contributed by atoms with Crippen molar-refractivity contribution in [3.63, 3.8) is 0 Å². The van der Waals surface area contributed by atoms with Gasteiger partial charge >= 0.3 is 0 Å². The maximum absolute atomic E-state index is 15.2. The second-order valence-electron chi connectivity index (χ2n) is 12.2. The molecule has 4 atom stereocenters. The molecule has 2 N–H and O–H groups in total. The van der Waals surface area contributed by atoms with E-state index in [0.717, 1.165) is 6.07 Å². The fraction of sp³-hybridized carbons (Fsp3) is 0.533. The molecule has 2 aromatic carbocycles. The fourth-order valence-electron chi connectivity index (χ4n) is 4.93. The van der Waals surface area contributed by atoms with Crippen LogP contribution in [-0.4, -0.2) is 55.7 Å². The first kappa shape index (κ1) is 30.8. The van der Waals surface area contributed by atoms with Crippen LogP contribution in [0, 0.1) is 17.6 Å². The van der Waals surface area contributed by atoms with Crippen LogP contribution in [0.25, 0.3) is 0 Å². The minimum atomic E-state index is -1.86. The summed E-state index contributed by atoms with van der Waals surface area (Å²) in [6.07, 6.45) is 0.548. The van der Waals surface area contributed by atoms with Crippen molar-refractivity contribution >= 4 is 31.2 Å². The maximum Gasteiger partial charge on any atom is 0.257 e. The number of fused-ring (bicyclic) bond motifs is 1. The monoisotopic (exact) mass is 590 g/mol. The zero-order valence-corrected chi connectivity index (χ0v) is 25.7. The Morgan fingerprint density at radius 2 is 1.98 bits per heavy atom. The highest BCUT2D eigenvalue weighted by Gasteiger charge is 2.50. The third-order valence-corrected chi connectivity index (χ3v) is 14.0. The van der Waals surface area contributed by atoms with Gasteiger partial charge < -0.3 is 19.6 Å². The molecule has 218 valence electrons. The minimum Gasteiger partial charge on any atom is -0.417 e. The number of benzene rings is 2. The molecule has 2 aromatic rings. The van der Waals surface area contributed by atoms with E-state index in [1.165, 1.54) is 23.9 Å². The molecule has 0 spiro atoms. The quantitative estimate of drug-likeness (QED) is 0.280. The van der Waals surface area contributed by atoms with Crippen molar-refractivity contribution in [2.75, 3.05) is 19.0 Å². The molecule has 2 heterocycles. The number of hydrogen-bond acceptors (Lipinski definition) is 6. The lowest BCUT2D eigenvalue weighted by molar-refractivity contribution is -0.111. The number of nitrogens with zero attached hydrogens (tertiary/aromatic N) is 1. The number of hydrogen-bond donors (Lipinski definition) is 2. The van der Waals surface area contributed by atoms with Crippen LogP contribution < -0.4 is 5.32 Å². The number of rotatable bonds is 8. The van der Waals surface area contributed by atoms with Crippen LogP contribution in [0.1, 0.15) is 56.0 Å². The minimum absolute atomic E-state index is 0.00762. The number of aliphatic hydroxyl groups is 1. The molecule has 0 aliphatic carbocycles. The Morgan fingerprint density at radius 1 is 1.25 bits per heavy atom. The van der Waals surface area contributed by atoms with E-state index in [2.05, 4.69) is 39.2 Å². The van der Waals surface area contributed by atoms with E-state index >= 15 is 4.39 Å². The molecule has 10 heteroatoms. The third kappa shape index (κ3) is 6.84. The molecule has 0 aromatic heterocycles. The Bertz CT molecular complexity index is 1220. The van der Waals surface area contributed by atoms with Crippen molar-refractivity contribution in [2.45, 2.75) is 75.9 Å². The van der Waals surface area contributed by atoms with Crippen LogP contribution in [0.15, 0.2) is 53.5 Å². The first-order valence-corrected chi connectivity index (χ1v) is 17.7. The van der Waals surface area contributed by atoms with E-state index in [0.29, 0.717) is 42.4 Å². The zero-order chi connectivity index (χ0) is 29.1. The van der Waals surface area contributed by atoms with Gasteiger partial charge in [-0.05, 0) is 55.6 Å². The molecule has 40 heavy (non-hydrogen) atoms. The highest BCUT2D eigenvalue weighted by Crippen LogP contribution is 2.47. The number of thioether (sulfide) groups is 1. The first-order chi connectivity index (χ1) is 18.8. The molecule has 0 bridgehead atoms. The Morgan fingerprint density at radius 3 is 2.65 bits per heavy atom. The number of nitrogens with one attached hydrogen (secondary N) is 1. The van der Waals surface area contributed by atoms with Gasteiger partial charge in [-0.3, -0.25) is 4.79 Å². The molecule has 1 saturated heterocycles. The topological polar surface area (TPSA) is 80.2 Å². The number of aliphatic hydroxyl groups excluding tert-OH is 1. The van der Waals surface area contributed by atoms with Crippen LogP contribution in [0.3, 0.4) is 0 Å². The molecular weight excluding hydrogens is 550 g/mol. The van der Waals surface area contributed by atoms with Gasteiger partial charge in [0.25, 0.3) is 5.91 Å². The number of aliphatic imine (C=N–C) groups is 1. The Labute approximate surface area is 241 Å². The lowest BCUT2D eigenvalue weighted by Gasteiger charge is -2.47. The summed E-state index contributed by atoms with van der Waals surface area (Å²) in [7, 11) is -1.86. The van der Waals surface area contributed by atoms with E-state index in [1.54, 1.807) is 24.3 Å². The van der Waals surface area contributed by atoms with Gasteiger partial charge in [0.15, 0.2) is 13.5 Å². The highest BCUT2D eigenvalue weighted by molar-refractivity contribution is 8.13. The van der Waals surface area contributed by atoms with Crippen LogP contribution in [-0.2, 0) is 14.7 Å². The normalized spacial score (nSPS) is 24.1. The zero-order valence-electron chi connectivity index (χ0n) is 23.9. The van der Waals surface area contributed by atoms with Crippen molar-refractivity contribution in [3.8, 4) is 0 Å². The summed E-state index contributed by atoms with van der Waals surface area (Å²) >= 11 is 1.38. The summed E-state index contributed by atoms with van der Waals surface area (Å²) in [5.41, 5.74) is -0.443. The third-order valence-electron chi connectivity index (χ3n) is 8.43. The van der Waals surface area contributed by atoms with Gasteiger partial charge in [0.1, 0.15) is 17.2 Å². The van der Waals surface area contributed by atoms with E-state index < -0.39 is 37.7 Å². The number of halogens is 2. The molecule has 0 radical (unpaired) electrons. The highest BCUT2D eigenvalue weighted by atomic mass is 32.2. The molecule has 2 aliphatic rings. The van der Waals surface area contributed by atoms with Crippen molar-refractivity contribution in [1.29, 1.82) is 0 Å². The van der Waals surface area contributed by atoms with Crippen molar-refractivity contribution < 1.29 is 27.8 Å². The smallest absolute Gasteiger partial charge is 0.257 e. The molecule has 1 unspecified atom stereocenters. The maximum atomic E-state index is 15.2. The molecule has 1 amide bonds.